The monoisotopic (exact) mass is 469 g/mol. The highest BCUT2D eigenvalue weighted by Gasteiger charge is 2.35. The van der Waals surface area contributed by atoms with E-state index in [-0.39, 0.29) is 24.0 Å². The number of rotatable bonds is 6. The van der Waals surface area contributed by atoms with Gasteiger partial charge in [0, 0.05) is 25.4 Å². The summed E-state index contributed by atoms with van der Waals surface area (Å²) >= 11 is 6.36. The predicted molar refractivity (Wildman–Crippen MR) is 112 cm³/mol. The lowest BCUT2D eigenvalue weighted by Crippen LogP contribution is -2.43. The molecule has 4 rings (SSSR count). The summed E-state index contributed by atoms with van der Waals surface area (Å²) in [6.45, 7) is 2.64. The third-order valence-corrected chi connectivity index (χ3v) is 7.56. The van der Waals surface area contributed by atoms with Crippen molar-refractivity contribution in [2.45, 2.75) is 25.7 Å². The number of aromatic nitrogens is 6. The van der Waals surface area contributed by atoms with Crippen LogP contribution in [0.25, 0.3) is 11.5 Å². The molecule has 0 aromatic carbocycles. The minimum atomic E-state index is -3.51. The van der Waals surface area contributed by atoms with Gasteiger partial charge in [-0.1, -0.05) is 18.5 Å². The second-order valence-corrected chi connectivity index (χ2v) is 10.0. The SMILES string of the molecule is C[C@H]1CN(S(=O)(=O)CCc2n[nH]c(=O)[nH]2)CC[C@H]1c1[nH]c(-c2ccc(F)cn2)nc1Cl. The number of nitrogens with zero attached hydrogens (tertiary/aromatic N) is 4. The molecule has 2 atom stereocenters. The number of aryl methyl sites for hydroxylation is 1. The van der Waals surface area contributed by atoms with Crippen molar-refractivity contribution < 1.29 is 12.8 Å². The lowest BCUT2D eigenvalue weighted by atomic mass is 9.86. The van der Waals surface area contributed by atoms with E-state index >= 15 is 0 Å². The number of hydrogen-bond acceptors (Lipinski definition) is 6. The van der Waals surface area contributed by atoms with E-state index in [1.54, 1.807) is 0 Å². The second kappa shape index (κ2) is 8.52. The summed E-state index contributed by atoms with van der Waals surface area (Å²) in [5, 5.41) is 6.27. The van der Waals surface area contributed by atoms with E-state index in [9.17, 15) is 17.6 Å². The molecule has 3 aromatic rings. The summed E-state index contributed by atoms with van der Waals surface area (Å²) in [6.07, 6.45) is 1.80. The first-order valence-corrected chi connectivity index (χ1v) is 11.7. The van der Waals surface area contributed by atoms with E-state index in [4.69, 9.17) is 11.6 Å². The maximum atomic E-state index is 13.1. The smallest absolute Gasteiger partial charge is 0.339 e. The van der Waals surface area contributed by atoms with Crippen molar-refractivity contribution >= 4 is 21.6 Å². The summed E-state index contributed by atoms with van der Waals surface area (Å²) in [4.78, 5) is 25.0. The quantitative estimate of drug-likeness (QED) is 0.501. The first-order chi connectivity index (χ1) is 14.7. The Kier molecular flexibility index (Phi) is 5.95. The number of piperidine rings is 1. The van der Waals surface area contributed by atoms with Gasteiger partial charge in [-0.05, 0) is 24.5 Å². The molecule has 1 saturated heterocycles. The van der Waals surface area contributed by atoms with Gasteiger partial charge in [-0.2, -0.15) is 5.10 Å². The van der Waals surface area contributed by atoms with Crippen molar-refractivity contribution in [3.05, 3.63) is 51.3 Å². The van der Waals surface area contributed by atoms with Crippen LogP contribution in [-0.4, -0.2) is 61.7 Å². The third kappa shape index (κ3) is 4.70. The normalized spacial score (nSPS) is 20.2. The van der Waals surface area contributed by atoms with Crippen LogP contribution < -0.4 is 5.69 Å². The molecule has 31 heavy (non-hydrogen) atoms. The summed E-state index contributed by atoms with van der Waals surface area (Å²) in [5.74, 6) is 0.139. The van der Waals surface area contributed by atoms with Crippen LogP contribution >= 0.6 is 11.6 Å². The molecule has 1 aliphatic heterocycles. The van der Waals surface area contributed by atoms with Gasteiger partial charge in [0.15, 0.2) is 11.0 Å². The Balaban J connectivity index is 1.44. The molecule has 4 heterocycles. The van der Waals surface area contributed by atoms with Crippen molar-refractivity contribution in [1.82, 2.24) is 34.4 Å². The predicted octanol–water partition coefficient (Wildman–Crippen LogP) is 1.67. The Morgan fingerprint density at radius 2 is 2.13 bits per heavy atom. The highest BCUT2D eigenvalue weighted by Crippen LogP contribution is 2.37. The van der Waals surface area contributed by atoms with Gasteiger partial charge in [0.25, 0.3) is 0 Å². The second-order valence-electron chi connectivity index (χ2n) is 7.57. The lowest BCUT2D eigenvalue weighted by Gasteiger charge is -2.35. The number of sulfonamides is 1. The van der Waals surface area contributed by atoms with Crippen LogP contribution in [0.2, 0.25) is 5.15 Å². The molecule has 0 saturated carbocycles. The van der Waals surface area contributed by atoms with E-state index < -0.39 is 21.5 Å². The van der Waals surface area contributed by atoms with Crippen LogP contribution in [-0.2, 0) is 16.4 Å². The summed E-state index contributed by atoms with van der Waals surface area (Å²) in [6, 6.07) is 2.81. The minimum absolute atomic E-state index is 0.0108. The van der Waals surface area contributed by atoms with Crippen LogP contribution in [0.3, 0.4) is 0 Å². The fourth-order valence-electron chi connectivity index (χ4n) is 3.82. The zero-order chi connectivity index (χ0) is 22.2. The Morgan fingerprint density at radius 1 is 1.32 bits per heavy atom. The number of pyridine rings is 1. The molecule has 0 amide bonds. The Morgan fingerprint density at radius 3 is 2.77 bits per heavy atom. The van der Waals surface area contributed by atoms with Gasteiger partial charge in [-0.3, -0.25) is 4.98 Å². The highest BCUT2D eigenvalue weighted by molar-refractivity contribution is 7.89. The molecule has 0 bridgehead atoms. The molecule has 0 radical (unpaired) electrons. The Bertz CT molecular complexity index is 1220. The minimum Gasteiger partial charge on any atom is -0.339 e. The van der Waals surface area contributed by atoms with E-state index in [0.29, 0.717) is 42.0 Å². The molecule has 0 spiro atoms. The number of nitrogens with one attached hydrogen (secondary N) is 3. The summed E-state index contributed by atoms with van der Waals surface area (Å²) in [5.41, 5.74) is 0.730. The fourth-order valence-corrected chi connectivity index (χ4v) is 5.64. The number of hydrogen-bond donors (Lipinski definition) is 3. The largest absolute Gasteiger partial charge is 0.340 e. The van der Waals surface area contributed by atoms with E-state index in [0.717, 1.165) is 11.9 Å². The van der Waals surface area contributed by atoms with E-state index in [1.165, 1.54) is 16.4 Å². The Labute approximate surface area is 182 Å². The standard InChI is InChI=1S/C18H21ClFN7O3S/c1-10-9-27(31(29,30)7-5-14-22-18(28)26-25-14)6-4-12(10)15-16(19)24-17(23-15)13-3-2-11(20)8-21-13/h2-3,8,10,12H,4-7,9H2,1H3,(H,23,24)(H2,22,25,26,28)/t10-,12+/m0/s1. The van der Waals surface area contributed by atoms with Gasteiger partial charge in [0.2, 0.25) is 10.0 Å². The van der Waals surface area contributed by atoms with Gasteiger partial charge in [0.05, 0.1) is 17.6 Å². The number of halogens is 2. The van der Waals surface area contributed by atoms with Crippen molar-refractivity contribution in [2.75, 3.05) is 18.8 Å². The number of imidazole rings is 1. The molecule has 166 valence electrons. The number of H-pyrrole nitrogens is 3. The zero-order valence-corrected chi connectivity index (χ0v) is 18.2. The van der Waals surface area contributed by atoms with Crippen LogP contribution in [0.4, 0.5) is 4.39 Å². The maximum Gasteiger partial charge on any atom is 0.340 e. The molecule has 0 aliphatic carbocycles. The van der Waals surface area contributed by atoms with Gasteiger partial charge in [-0.25, -0.2) is 37.0 Å². The first-order valence-electron chi connectivity index (χ1n) is 9.71. The van der Waals surface area contributed by atoms with Gasteiger partial charge >= 0.3 is 5.69 Å². The molecule has 0 unspecified atom stereocenters. The van der Waals surface area contributed by atoms with Crippen LogP contribution in [0.5, 0.6) is 0 Å². The van der Waals surface area contributed by atoms with Crippen molar-refractivity contribution in [3.63, 3.8) is 0 Å². The van der Waals surface area contributed by atoms with Crippen molar-refractivity contribution in [2.24, 2.45) is 5.92 Å². The van der Waals surface area contributed by atoms with Crippen molar-refractivity contribution in [3.8, 4) is 11.5 Å². The maximum absolute atomic E-state index is 13.1. The average molecular weight is 470 g/mol. The van der Waals surface area contributed by atoms with Gasteiger partial charge in [0.1, 0.15) is 17.3 Å². The molecule has 1 fully saturated rings. The molecular weight excluding hydrogens is 449 g/mol. The summed E-state index contributed by atoms with van der Waals surface area (Å²) < 4.78 is 40.1. The number of aromatic amines is 3. The van der Waals surface area contributed by atoms with E-state index in [2.05, 4.69) is 30.1 Å². The topological polar surface area (TPSA) is 140 Å². The van der Waals surface area contributed by atoms with Crippen LogP contribution in [0, 0.1) is 11.7 Å². The molecule has 3 N–H and O–H groups in total. The van der Waals surface area contributed by atoms with Gasteiger partial charge < -0.3 is 4.98 Å². The van der Waals surface area contributed by atoms with Crippen LogP contribution in [0.1, 0.15) is 30.8 Å². The van der Waals surface area contributed by atoms with Crippen molar-refractivity contribution in [1.29, 1.82) is 0 Å². The Hall–Kier alpha value is -2.57. The molecule has 13 heteroatoms. The average Bonchev–Trinajstić information content (AvgIpc) is 3.32. The van der Waals surface area contributed by atoms with Gasteiger partial charge in [-0.15, -0.1) is 0 Å². The summed E-state index contributed by atoms with van der Waals surface area (Å²) in [7, 11) is -3.51. The lowest BCUT2D eigenvalue weighted by molar-refractivity contribution is 0.246. The highest BCUT2D eigenvalue weighted by atomic mass is 35.5. The van der Waals surface area contributed by atoms with Crippen LogP contribution in [0.15, 0.2) is 23.1 Å². The zero-order valence-electron chi connectivity index (χ0n) is 16.6. The molecular formula is C18H21ClFN7O3S. The fraction of sp³-hybridized carbons (Fsp3) is 0.444. The third-order valence-electron chi connectivity index (χ3n) is 5.43. The first kappa shape index (κ1) is 21.7. The van der Waals surface area contributed by atoms with E-state index in [1.807, 2.05) is 6.92 Å². The molecule has 1 aliphatic rings. The molecule has 3 aromatic heterocycles. The molecule has 10 nitrogen and oxygen atoms in total.